The Morgan fingerprint density at radius 3 is 3.07 bits per heavy atom. The fraction of sp³-hybridized carbons (Fsp3) is 0.278. The number of methoxy groups -OCH3 is 1. The second-order valence-corrected chi connectivity index (χ2v) is 6.12. The molecule has 1 atom stereocenters. The van der Waals surface area contributed by atoms with Gasteiger partial charge in [0, 0.05) is 43.0 Å². The summed E-state index contributed by atoms with van der Waals surface area (Å²) in [6.07, 6.45) is 6.12. The molecular formula is C18H22Cl2N6O2. The predicted molar refractivity (Wildman–Crippen MR) is 109 cm³/mol. The van der Waals surface area contributed by atoms with Gasteiger partial charge in [0.05, 0.1) is 31.0 Å². The van der Waals surface area contributed by atoms with Gasteiger partial charge in [-0.05, 0) is 12.1 Å². The van der Waals surface area contributed by atoms with Crippen LogP contribution in [0.3, 0.4) is 0 Å². The molecule has 10 heteroatoms. The van der Waals surface area contributed by atoms with Gasteiger partial charge in [-0.3, -0.25) is 4.79 Å². The number of benzene rings is 1. The largest absolute Gasteiger partial charge is 0.497 e. The second kappa shape index (κ2) is 9.59. The Kier molecular flexibility index (Phi) is 7.45. The number of carbonyl (C=O) groups excluding carboxylic acids is 1. The van der Waals surface area contributed by atoms with Gasteiger partial charge in [-0.1, -0.05) is 6.07 Å². The third kappa shape index (κ3) is 4.46. The lowest BCUT2D eigenvalue weighted by atomic mass is 10.1. The minimum atomic E-state index is -0.418. The van der Waals surface area contributed by atoms with Crippen LogP contribution >= 0.6 is 24.8 Å². The van der Waals surface area contributed by atoms with Crippen LogP contribution in [0.15, 0.2) is 43.0 Å². The number of H-pyrrole nitrogens is 1. The summed E-state index contributed by atoms with van der Waals surface area (Å²) < 4.78 is 7.00. The Hall–Kier alpha value is -2.55. The third-order valence-electron chi connectivity index (χ3n) is 4.43. The van der Waals surface area contributed by atoms with E-state index in [1.807, 2.05) is 30.5 Å². The van der Waals surface area contributed by atoms with E-state index in [2.05, 4.69) is 25.7 Å². The Labute approximate surface area is 174 Å². The van der Waals surface area contributed by atoms with Crippen molar-refractivity contribution in [3.63, 3.8) is 0 Å². The average molecular weight is 425 g/mol. The molecular weight excluding hydrogens is 403 g/mol. The summed E-state index contributed by atoms with van der Waals surface area (Å²) in [5, 5.41) is 10.5. The highest BCUT2D eigenvalue weighted by atomic mass is 35.5. The zero-order valence-corrected chi connectivity index (χ0v) is 16.8. The molecule has 0 saturated heterocycles. The van der Waals surface area contributed by atoms with Gasteiger partial charge < -0.3 is 20.4 Å². The molecule has 8 nitrogen and oxygen atoms in total. The van der Waals surface area contributed by atoms with E-state index in [0.29, 0.717) is 6.54 Å². The van der Waals surface area contributed by atoms with E-state index in [0.717, 1.165) is 41.4 Å². The van der Waals surface area contributed by atoms with Gasteiger partial charge in [0.1, 0.15) is 11.8 Å². The molecule has 1 aromatic carbocycles. The van der Waals surface area contributed by atoms with Crippen LogP contribution < -0.4 is 15.4 Å². The first-order valence-corrected chi connectivity index (χ1v) is 8.46. The topological polar surface area (TPSA) is 96.9 Å². The van der Waals surface area contributed by atoms with Crippen molar-refractivity contribution in [2.24, 2.45) is 0 Å². The van der Waals surface area contributed by atoms with Gasteiger partial charge in [-0.15, -0.1) is 24.8 Å². The number of amides is 1. The quantitative estimate of drug-likeness (QED) is 0.581. The molecule has 3 heterocycles. The van der Waals surface area contributed by atoms with Crippen LogP contribution in [-0.2, 0) is 17.8 Å². The molecule has 150 valence electrons. The van der Waals surface area contributed by atoms with Crippen LogP contribution in [0.2, 0.25) is 0 Å². The number of nitrogens with zero attached hydrogens (tertiary/aromatic N) is 3. The number of hydrogen-bond acceptors (Lipinski definition) is 5. The average Bonchev–Trinajstić information content (AvgIpc) is 3.35. The number of halogens is 2. The van der Waals surface area contributed by atoms with Gasteiger partial charge in [-0.25, -0.2) is 9.67 Å². The van der Waals surface area contributed by atoms with Crippen molar-refractivity contribution in [2.75, 3.05) is 13.7 Å². The first-order valence-electron chi connectivity index (χ1n) is 8.46. The Bertz CT molecular complexity index is 926. The van der Waals surface area contributed by atoms with Gasteiger partial charge in [-0.2, -0.15) is 5.10 Å². The molecule has 1 aliphatic heterocycles. The molecule has 1 aliphatic rings. The normalized spacial score (nSPS) is 15.0. The zero-order chi connectivity index (χ0) is 17.9. The number of imidazole rings is 1. The van der Waals surface area contributed by atoms with Crippen molar-refractivity contribution in [1.29, 1.82) is 0 Å². The van der Waals surface area contributed by atoms with Gasteiger partial charge in [0.2, 0.25) is 5.91 Å². The van der Waals surface area contributed by atoms with E-state index in [-0.39, 0.29) is 30.7 Å². The lowest BCUT2D eigenvalue weighted by Gasteiger charge is -2.22. The molecule has 28 heavy (non-hydrogen) atoms. The molecule has 4 rings (SSSR count). The maximum Gasteiger partial charge on any atom is 0.243 e. The highest BCUT2D eigenvalue weighted by molar-refractivity contribution is 5.85. The number of nitrogens with one attached hydrogen (secondary N) is 3. The molecule has 1 unspecified atom stereocenters. The van der Waals surface area contributed by atoms with E-state index in [9.17, 15) is 4.79 Å². The second-order valence-electron chi connectivity index (χ2n) is 6.12. The summed E-state index contributed by atoms with van der Waals surface area (Å²) in [6.45, 7) is 1.15. The highest BCUT2D eigenvalue weighted by Crippen LogP contribution is 2.19. The van der Waals surface area contributed by atoms with Crippen molar-refractivity contribution in [3.8, 4) is 11.4 Å². The molecule has 3 aromatic rings. The fourth-order valence-electron chi connectivity index (χ4n) is 3.07. The summed E-state index contributed by atoms with van der Waals surface area (Å²) in [7, 11) is 1.63. The van der Waals surface area contributed by atoms with E-state index in [4.69, 9.17) is 4.74 Å². The van der Waals surface area contributed by atoms with E-state index < -0.39 is 6.04 Å². The van der Waals surface area contributed by atoms with Crippen molar-refractivity contribution < 1.29 is 9.53 Å². The highest BCUT2D eigenvalue weighted by Gasteiger charge is 2.28. The number of ether oxygens (including phenoxy) is 1. The lowest BCUT2D eigenvalue weighted by molar-refractivity contribution is -0.123. The first kappa shape index (κ1) is 21.7. The Morgan fingerprint density at radius 1 is 1.39 bits per heavy atom. The molecule has 0 saturated carbocycles. The minimum Gasteiger partial charge on any atom is -0.497 e. The van der Waals surface area contributed by atoms with Crippen LogP contribution in [0.5, 0.6) is 5.75 Å². The summed E-state index contributed by atoms with van der Waals surface area (Å²) in [5.74, 6) is 0.679. The molecule has 0 aliphatic carbocycles. The van der Waals surface area contributed by atoms with Crippen LogP contribution in [0.1, 0.15) is 23.0 Å². The van der Waals surface area contributed by atoms with Gasteiger partial charge >= 0.3 is 0 Å². The van der Waals surface area contributed by atoms with Gasteiger partial charge in [0.25, 0.3) is 0 Å². The van der Waals surface area contributed by atoms with Crippen LogP contribution in [0.4, 0.5) is 0 Å². The van der Waals surface area contributed by atoms with Crippen molar-refractivity contribution in [1.82, 2.24) is 30.4 Å². The molecule has 0 radical (unpaired) electrons. The monoisotopic (exact) mass is 424 g/mol. The molecule has 3 N–H and O–H groups in total. The lowest BCUT2D eigenvalue weighted by Crippen LogP contribution is -2.41. The van der Waals surface area contributed by atoms with Crippen molar-refractivity contribution in [3.05, 3.63) is 59.9 Å². The van der Waals surface area contributed by atoms with Crippen LogP contribution in [-0.4, -0.2) is 39.3 Å². The minimum absolute atomic E-state index is 0. The fourth-order valence-corrected chi connectivity index (χ4v) is 3.07. The number of aromatic amines is 1. The number of fused-ring (bicyclic) bond motifs is 1. The first-order chi connectivity index (χ1) is 12.7. The number of aromatic nitrogens is 4. The van der Waals surface area contributed by atoms with Crippen LogP contribution in [0, 0.1) is 0 Å². The Balaban J connectivity index is 0.00000140. The molecule has 0 spiro atoms. The van der Waals surface area contributed by atoms with Crippen LogP contribution in [0.25, 0.3) is 5.69 Å². The number of carbonyl (C=O) groups is 1. The van der Waals surface area contributed by atoms with E-state index in [1.165, 1.54) is 0 Å². The standard InChI is InChI=1S/C18H20N6O2.2ClH/c1-26-14-4-2-3-13(7-14)24-10-12(9-23-24)8-20-18(25)17-16-15(5-6-19-17)21-11-22-16;;/h2-4,7,9-11,17,19H,5-6,8H2,1H3,(H,20,25)(H,21,22);2*1H. The zero-order valence-electron chi connectivity index (χ0n) is 15.2. The molecule has 2 aromatic heterocycles. The number of rotatable bonds is 5. The molecule has 1 amide bonds. The number of hydrogen-bond donors (Lipinski definition) is 3. The summed E-state index contributed by atoms with van der Waals surface area (Å²) in [5.41, 5.74) is 3.62. The summed E-state index contributed by atoms with van der Waals surface area (Å²) in [4.78, 5) is 19.9. The maximum absolute atomic E-state index is 12.5. The third-order valence-corrected chi connectivity index (χ3v) is 4.43. The van der Waals surface area contributed by atoms with Crippen molar-refractivity contribution in [2.45, 2.75) is 19.0 Å². The summed E-state index contributed by atoms with van der Waals surface area (Å²) >= 11 is 0. The van der Waals surface area contributed by atoms with E-state index in [1.54, 1.807) is 24.3 Å². The Morgan fingerprint density at radius 2 is 2.25 bits per heavy atom. The van der Waals surface area contributed by atoms with Crippen molar-refractivity contribution >= 4 is 30.7 Å². The molecule has 0 fully saturated rings. The summed E-state index contributed by atoms with van der Waals surface area (Å²) in [6, 6.07) is 7.23. The van der Waals surface area contributed by atoms with E-state index >= 15 is 0 Å². The predicted octanol–water partition coefficient (Wildman–Crippen LogP) is 1.95. The maximum atomic E-state index is 12.5. The smallest absolute Gasteiger partial charge is 0.243 e. The molecule has 0 bridgehead atoms. The SMILES string of the molecule is COc1cccc(-n2cc(CNC(=O)C3NCCc4[nH]cnc43)cn2)c1.Cl.Cl. The van der Waals surface area contributed by atoms with Gasteiger partial charge in [0.15, 0.2) is 0 Å².